The molecule has 26 heavy (non-hydrogen) atoms. The fraction of sp³-hybridized carbons (Fsp3) is 0. The zero-order chi connectivity index (χ0) is 18.3. The maximum atomic E-state index is 11.2. The summed E-state index contributed by atoms with van der Waals surface area (Å²) in [7, 11) is 0. The summed E-state index contributed by atoms with van der Waals surface area (Å²) in [5.41, 5.74) is 1.29. The molecule has 0 atom stereocenters. The highest BCUT2D eigenvalue weighted by Gasteiger charge is 2.23. The topological polar surface area (TPSA) is 111 Å². The summed E-state index contributed by atoms with van der Waals surface area (Å²) >= 11 is 13.1. The molecule has 1 N–H and O–H groups in total. The lowest BCUT2D eigenvalue weighted by atomic mass is 10.2. The molecule has 9 nitrogen and oxygen atoms in total. The summed E-state index contributed by atoms with van der Waals surface area (Å²) in [5, 5.41) is 20.5. The normalized spacial score (nSPS) is 11.0. The minimum absolute atomic E-state index is 0.0821. The van der Waals surface area contributed by atoms with Gasteiger partial charge in [0.2, 0.25) is 21.9 Å². The lowest BCUT2D eigenvalue weighted by Crippen LogP contribution is -2.03. The van der Waals surface area contributed by atoms with Crippen molar-refractivity contribution in [3.63, 3.8) is 0 Å². The van der Waals surface area contributed by atoms with Gasteiger partial charge in [-0.1, -0.05) is 35.3 Å². The van der Waals surface area contributed by atoms with Crippen LogP contribution in [0.5, 0.6) is 0 Å². The van der Waals surface area contributed by atoms with Crippen LogP contribution < -0.4 is 5.32 Å². The largest absolute Gasteiger partial charge is 0.348 e. The molecule has 0 amide bonds. The number of nitro groups is 1. The van der Waals surface area contributed by atoms with Gasteiger partial charge >= 0.3 is 5.69 Å². The maximum absolute atomic E-state index is 11.2. The van der Waals surface area contributed by atoms with E-state index in [2.05, 4.69) is 25.4 Å². The van der Waals surface area contributed by atoms with Crippen LogP contribution in [0, 0.1) is 10.1 Å². The van der Waals surface area contributed by atoms with Gasteiger partial charge in [-0.3, -0.25) is 10.1 Å². The van der Waals surface area contributed by atoms with Crippen LogP contribution in [0.15, 0.2) is 36.0 Å². The Morgan fingerprint density at radius 3 is 2.69 bits per heavy atom. The first-order chi connectivity index (χ1) is 12.5. The summed E-state index contributed by atoms with van der Waals surface area (Å²) < 4.78 is 1.63. The van der Waals surface area contributed by atoms with Crippen molar-refractivity contribution in [1.82, 2.24) is 24.6 Å². The van der Waals surface area contributed by atoms with Gasteiger partial charge in [0.05, 0.1) is 10.6 Å². The second-order valence-corrected chi connectivity index (χ2v) is 6.63. The number of thiazole rings is 1. The number of aromatic nitrogens is 5. The molecule has 0 aliphatic carbocycles. The fourth-order valence-electron chi connectivity index (χ4n) is 2.27. The minimum atomic E-state index is -0.664. The molecule has 0 aliphatic rings. The van der Waals surface area contributed by atoms with Crippen molar-refractivity contribution in [1.29, 1.82) is 0 Å². The molecule has 0 fully saturated rings. The molecule has 3 heterocycles. The van der Waals surface area contributed by atoms with Gasteiger partial charge in [0.25, 0.3) is 0 Å². The first kappa shape index (κ1) is 16.6. The van der Waals surface area contributed by atoms with E-state index >= 15 is 0 Å². The third-order valence-corrected chi connectivity index (χ3v) is 4.76. The number of halogens is 2. The quantitative estimate of drug-likeness (QED) is 0.306. The summed E-state index contributed by atoms with van der Waals surface area (Å²) in [6, 6.07) is 7.30. The number of hydrogen-bond donors (Lipinski definition) is 1. The lowest BCUT2D eigenvalue weighted by molar-refractivity contribution is -0.384. The molecular weight excluding hydrogens is 401 g/mol. The Hall–Kier alpha value is -2.82. The number of anilines is 2. The molecule has 0 saturated carbocycles. The third kappa shape index (κ3) is 2.94. The highest BCUT2D eigenvalue weighted by Crippen LogP contribution is 2.31. The Morgan fingerprint density at radius 2 is 1.96 bits per heavy atom. The predicted molar refractivity (Wildman–Crippen MR) is 98.3 cm³/mol. The molecule has 0 bridgehead atoms. The fourth-order valence-corrected chi connectivity index (χ4v) is 3.43. The van der Waals surface area contributed by atoms with Gasteiger partial charge in [0, 0.05) is 16.0 Å². The molecule has 0 spiro atoms. The number of rotatable bonds is 4. The van der Waals surface area contributed by atoms with E-state index in [4.69, 9.17) is 23.2 Å². The summed E-state index contributed by atoms with van der Waals surface area (Å²) in [4.78, 5) is 22.9. The Morgan fingerprint density at radius 1 is 1.19 bits per heavy atom. The lowest BCUT2D eigenvalue weighted by Gasteiger charge is -2.02. The van der Waals surface area contributed by atoms with Crippen molar-refractivity contribution in [2.45, 2.75) is 0 Å². The van der Waals surface area contributed by atoms with E-state index in [0.29, 0.717) is 9.98 Å². The second kappa shape index (κ2) is 6.48. The molecule has 4 rings (SSSR count). The van der Waals surface area contributed by atoms with Crippen molar-refractivity contribution in [2.24, 2.45) is 0 Å². The van der Waals surface area contributed by atoms with Crippen molar-refractivity contribution in [2.75, 3.05) is 5.32 Å². The molecule has 130 valence electrons. The first-order valence-electron chi connectivity index (χ1n) is 7.05. The van der Waals surface area contributed by atoms with Crippen LogP contribution in [-0.2, 0) is 0 Å². The SMILES string of the molecule is O=[N+]([O-])c1c(Cl)ncnc1Nc1nc2scc(-c3ccc(Cl)cc3)n2n1. The van der Waals surface area contributed by atoms with E-state index in [1.807, 2.05) is 17.5 Å². The molecule has 0 unspecified atom stereocenters. The number of benzene rings is 1. The van der Waals surface area contributed by atoms with Crippen LogP contribution in [0.4, 0.5) is 17.5 Å². The van der Waals surface area contributed by atoms with Crippen LogP contribution in [0.25, 0.3) is 16.2 Å². The van der Waals surface area contributed by atoms with Crippen molar-refractivity contribution in [3.8, 4) is 11.3 Å². The number of nitrogens with zero attached hydrogens (tertiary/aromatic N) is 6. The average molecular weight is 408 g/mol. The number of hydrogen-bond acceptors (Lipinski definition) is 8. The third-order valence-electron chi connectivity index (χ3n) is 3.41. The molecule has 0 radical (unpaired) electrons. The van der Waals surface area contributed by atoms with Crippen LogP contribution in [0.3, 0.4) is 0 Å². The molecule has 3 aromatic heterocycles. The van der Waals surface area contributed by atoms with Crippen LogP contribution in [0.2, 0.25) is 10.2 Å². The van der Waals surface area contributed by atoms with E-state index in [-0.39, 0.29) is 16.9 Å². The molecule has 12 heteroatoms. The molecular formula is C14H7Cl2N7O2S. The van der Waals surface area contributed by atoms with Crippen molar-refractivity contribution >= 4 is 57.0 Å². The molecule has 1 aromatic carbocycles. The Labute approximate surface area is 159 Å². The zero-order valence-corrected chi connectivity index (χ0v) is 15.0. The van der Waals surface area contributed by atoms with E-state index in [1.165, 1.54) is 11.3 Å². The van der Waals surface area contributed by atoms with E-state index < -0.39 is 10.6 Å². The maximum Gasteiger partial charge on any atom is 0.348 e. The van der Waals surface area contributed by atoms with Gasteiger partial charge in [0.1, 0.15) is 6.33 Å². The number of fused-ring (bicyclic) bond motifs is 1. The molecule has 4 aromatic rings. The van der Waals surface area contributed by atoms with Crippen LogP contribution >= 0.6 is 34.5 Å². The standard InChI is InChI=1S/C14H7Cl2N7O2S/c15-8-3-1-7(2-4-8)9-5-26-14-20-13(21-22(9)14)19-12-10(23(24)25)11(16)17-6-18-12/h1-6H,(H,17,18,19,21). The molecule has 0 aliphatic heterocycles. The van der Waals surface area contributed by atoms with Crippen molar-refractivity contribution in [3.05, 3.63) is 56.3 Å². The number of nitrogens with one attached hydrogen (secondary N) is 1. The highest BCUT2D eigenvalue weighted by molar-refractivity contribution is 7.15. The van der Waals surface area contributed by atoms with E-state index in [9.17, 15) is 10.1 Å². The van der Waals surface area contributed by atoms with Gasteiger partial charge in [-0.25, -0.2) is 14.5 Å². The van der Waals surface area contributed by atoms with Gasteiger partial charge in [-0.05, 0) is 12.1 Å². The minimum Gasteiger partial charge on any atom is -0.301 e. The summed E-state index contributed by atoms with van der Waals surface area (Å²) in [6.45, 7) is 0. The van der Waals surface area contributed by atoms with Gasteiger partial charge < -0.3 is 5.32 Å². The first-order valence-corrected chi connectivity index (χ1v) is 8.68. The zero-order valence-electron chi connectivity index (χ0n) is 12.6. The van der Waals surface area contributed by atoms with Crippen LogP contribution in [-0.4, -0.2) is 29.5 Å². The van der Waals surface area contributed by atoms with E-state index in [1.54, 1.807) is 16.6 Å². The Bertz CT molecular complexity index is 1130. The van der Waals surface area contributed by atoms with Gasteiger partial charge in [-0.15, -0.1) is 16.4 Å². The van der Waals surface area contributed by atoms with Crippen molar-refractivity contribution < 1.29 is 4.92 Å². The highest BCUT2D eigenvalue weighted by atomic mass is 35.5. The smallest absolute Gasteiger partial charge is 0.301 e. The van der Waals surface area contributed by atoms with Crippen LogP contribution in [0.1, 0.15) is 0 Å². The Balaban J connectivity index is 1.73. The van der Waals surface area contributed by atoms with Gasteiger partial charge in [-0.2, -0.15) is 4.98 Å². The second-order valence-electron chi connectivity index (χ2n) is 5.00. The predicted octanol–water partition coefficient (Wildman–Crippen LogP) is 4.21. The van der Waals surface area contributed by atoms with E-state index in [0.717, 1.165) is 17.6 Å². The monoisotopic (exact) mass is 407 g/mol. The average Bonchev–Trinajstić information content (AvgIpc) is 3.15. The molecule has 0 saturated heterocycles. The summed E-state index contributed by atoms with van der Waals surface area (Å²) in [5.74, 6) is 0.0752. The summed E-state index contributed by atoms with van der Waals surface area (Å²) in [6.07, 6.45) is 1.12. The Kier molecular flexibility index (Phi) is 4.15. The van der Waals surface area contributed by atoms with Gasteiger partial charge in [0.15, 0.2) is 0 Å².